The van der Waals surface area contributed by atoms with Crippen LogP contribution in [0.3, 0.4) is 0 Å². The topological polar surface area (TPSA) is 90.2 Å². The highest BCUT2D eigenvalue weighted by Crippen LogP contribution is 2.47. The Morgan fingerprint density at radius 3 is 2.62 bits per heavy atom. The van der Waals surface area contributed by atoms with E-state index in [9.17, 15) is 27.5 Å². The van der Waals surface area contributed by atoms with Gasteiger partial charge in [0.25, 0.3) is 0 Å². The smallest absolute Gasteiger partial charge is 0.416 e. The number of allylic oxidation sites excluding steroid dienone is 1. The van der Waals surface area contributed by atoms with Crippen LogP contribution in [0, 0.1) is 5.13 Å². The molecule has 1 fully saturated rings. The van der Waals surface area contributed by atoms with Crippen LogP contribution in [0.25, 0.3) is 0 Å². The summed E-state index contributed by atoms with van der Waals surface area (Å²) in [6.45, 7) is 8.60. The number of rotatable bonds is 7. The second-order valence-electron chi connectivity index (χ2n) is 9.59. The molecule has 14 heteroatoms. The maximum Gasteiger partial charge on any atom is 0.416 e. The summed E-state index contributed by atoms with van der Waals surface area (Å²) < 4.78 is 67.2. The average Bonchev–Trinajstić information content (AvgIpc) is 3.33. The molecule has 9 nitrogen and oxygen atoms in total. The van der Waals surface area contributed by atoms with Crippen LogP contribution in [0.15, 0.2) is 58.2 Å². The van der Waals surface area contributed by atoms with E-state index < -0.39 is 35.3 Å². The van der Waals surface area contributed by atoms with Crippen molar-refractivity contribution in [3.05, 3.63) is 64.5 Å². The summed E-state index contributed by atoms with van der Waals surface area (Å²) in [6, 6.07) is 1.72. The number of alkyl halides is 3. The van der Waals surface area contributed by atoms with Gasteiger partial charge in [-0.3, -0.25) is 4.79 Å². The number of guanidine groups is 1. The third-order valence-corrected chi connectivity index (χ3v) is 7.82. The Bertz CT molecular complexity index is 1440. The number of carboxylic acid groups (broad SMARTS) is 1. The monoisotopic (exact) mass is 609 g/mol. The first kappa shape index (κ1) is 30.9. The van der Waals surface area contributed by atoms with Crippen LogP contribution in [0.5, 0.6) is 5.75 Å². The van der Waals surface area contributed by atoms with Gasteiger partial charge in [0, 0.05) is 36.6 Å². The molecule has 0 bridgehead atoms. The lowest BCUT2D eigenvalue weighted by Crippen LogP contribution is -2.59. The number of hydrogen-bond donors (Lipinski definition) is 1. The zero-order valence-corrected chi connectivity index (χ0v) is 24.3. The molecule has 0 radical (unpaired) electrons. The molecule has 1 aromatic carbocycles. The molecule has 2 aliphatic rings. The highest BCUT2D eigenvalue weighted by Gasteiger charge is 2.41. The number of anilines is 1. The van der Waals surface area contributed by atoms with Crippen LogP contribution in [-0.2, 0) is 15.7 Å². The van der Waals surface area contributed by atoms with Gasteiger partial charge in [-0.2, -0.15) is 22.6 Å². The number of carbonyl (C=O) groups is 1. The normalized spacial score (nSPS) is 19.8. The lowest BCUT2D eigenvalue weighted by atomic mass is 10.00. The minimum absolute atomic E-state index is 0.0234. The standard InChI is InChI=1S/C28H31F4N5O4S/c1-6-22(33-23(7-2)41-5)36-11-10-35(14-16(36)3)27-34-25-18(15-42-26(25)29)19(13-24(38)39)37(27)20-12-17(28(30,31)32)8-9-21(20)40-4/h6-9,12,15-16,19H,1,10-11,13-14H2,2-5H3,(H,38,39)/b23-7+,33-22+/t16-,19-/m1/s1. The fourth-order valence-electron chi connectivity index (χ4n) is 5.09. The van der Waals surface area contributed by atoms with E-state index in [-0.39, 0.29) is 34.7 Å². The molecule has 42 heavy (non-hydrogen) atoms. The summed E-state index contributed by atoms with van der Waals surface area (Å²) >= 11 is 0.757. The van der Waals surface area contributed by atoms with Gasteiger partial charge in [-0.05, 0) is 44.2 Å². The first-order valence-corrected chi connectivity index (χ1v) is 13.9. The van der Waals surface area contributed by atoms with Gasteiger partial charge in [0.2, 0.25) is 17.0 Å². The fraction of sp³-hybridized carbons (Fsp3) is 0.393. The molecule has 2 aliphatic heterocycles. The fourth-order valence-corrected chi connectivity index (χ4v) is 5.86. The summed E-state index contributed by atoms with van der Waals surface area (Å²) in [7, 11) is 2.81. The number of amidine groups is 1. The van der Waals surface area contributed by atoms with Crippen molar-refractivity contribution in [2.75, 3.05) is 38.8 Å². The third-order valence-electron chi connectivity index (χ3n) is 7.05. The van der Waals surface area contributed by atoms with Gasteiger partial charge in [0.15, 0.2) is 0 Å². The van der Waals surface area contributed by atoms with Crippen molar-refractivity contribution in [3.8, 4) is 5.75 Å². The number of aliphatic carboxylic acids is 1. The van der Waals surface area contributed by atoms with E-state index in [4.69, 9.17) is 9.47 Å². The molecule has 1 saturated heterocycles. The number of hydrogen-bond acceptors (Lipinski definition) is 8. The molecule has 0 saturated carbocycles. The second-order valence-corrected chi connectivity index (χ2v) is 10.4. The van der Waals surface area contributed by atoms with Crippen molar-refractivity contribution >= 4 is 40.5 Å². The van der Waals surface area contributed by atoms with Crippen molar-refractivity contribution in [2.24, 2.45) is 9.98 Å². The third kappa shape index (κ3) is 6.08. The van der Waals surface area contributed by atoms with Crippen LogP contribution in [0.1, 0.15) is 37.4 Å². The highest BCUT2D eigenvalue weighted by atomic mass is 32.1. The SMILES string of the molecule is C=C/C(=N\C(=C/C)OC)N1CCN(C2=Nc3c(csc3F)[C@@H](CC(=O)O)N2c2cc(C(F)(F)F)ccc2OC)C[C@H]1C. The number of aliphatic imine (C=N–C) groups is 2. The predicted octanol–water partition coefficient (Wildman–Crippen LogP) is 6.04. The van der Waals surface area contributed by atoms with Gasteiger partial charge in [0.1, 0.15) is 17.3 Å². The van der Waals surface area contributed by atoms with Crippen molar-refractivity contribution in [3.63, 3.8) is 0 Å². The first-order valence-electron chi connectivity index (χ1n) is 13.0. The summed E-state index contributed by atoms with van der Waals surface area (Å²) in [5, 5.41) is 10.7. The maximum absolute atomic E-state index is 15.0. The molecule has 3 heterocycles. The molecule has 0 unspecified atom stereocenters. The van der Waals surface area contributed by atoms with Gasteiger partial charge < -0.3 is 29.3 Å². The molecule has 226 valence electrons. The number of benzene rings is 1. The molecular weight excluding hydrogens is 578 g/mol. The lowest BCUT2D eigenvalue weighted by Gasteiger charge is -2.47. The Kier molecular flexibility index (Phi) is 9.14. The molecule has 1 N–H and O–H groups in total. The van der Waals surface area contributed by atoms with Crippen LogP contribution in [0.4, 0.5) is 28.9 Å². The van der Waals surface area contributed by atoms with Crippen LogP contribution in [0.2, 0.25) is 0 Å². The van der Waals surface area contributed by atoms with Gasteiger partial charge in [0.05, 0.1) is 37.9 Å². The Balaban J connectivity index is 1.83. The molecule has 0 spiro atoms. The molecule has 4 rings (SSSR count). The highest BCUT2D eigenvalue weighted by molar-refractivity contribution is 7.08. The minimum Gasteiger partial charge on any atom is -0.495 e. The van der Waals surface area contributed by atoms with Crippen LogP contribution < -0.4 is 9.64 Å². The summed E-state index contributed by atoms with van der Waals surface area (Å²) in [6.07, 6.45) is -1.89. The number of thiophene rings is 1. The van der Waals surface area contributed by atoms with Crippen molar-refractivity contribution < 1.29 is 36.9 Å². The van der Waals surface area contributed by atoms with Crippen LogP contribution in [-0.4, -0.2) is 72.6 Å². The molecule has 0 aliphatic carbocycles. The number of carboxylic acids is 1. The van der Waals surface area contributed by atoms with Gasteiger partial charge in [-0.25, -0.2) is 4.99 Å². The van der Waals surface area contributed by atoms with Gasteiger partial charge in [-0.15, -0.1) is 11.3 Å². The van der Waals surface area contributed by atoms with Gasteiger partial charge >= 0.3 is 12.1 Å². The van der Waals surface area contributed by atoms with E-state index in [0.29, 0.717) is 31.4 Å². The van der Waals surface area contributed by atoms with Gasteiger partial charge in [-0.1, -0.05) is 6.58 Å². The molecule has 1 aromatic heterocycles. The second kappa shape index (κ2) is 12.4. The Morgan fingerprint density at radius 1 is 1.31 bits per heavy atom. The summed E-state index contributed by atoms with van der Waals surface area (Å²) in [5.74, 6) is -0.0440. The summed E-state index contributed by atoms with van der Waals surface area (Å²) in [4.78, 5) is 26.4. The van der Waals surface area contributed by atoms with E-state index in [1.54, 1.807) is 19.1 Å². The Morgan fingerprint density at radius 2 is 2.05 bits per heavy atom. The van der Waals surface area contributed by atoms with Crippen molar-refractivity contribution in [1.29, 1.82) is 0 Å². The quantitative estimate of drug-likeness (QED) is 0.177. The van der Waals surface area contributed by atoms with Crippen molar-refractivity contribution in [2.45, 2.75) is 38.5 Å². The number of fused-ring (bicyclic) bond motifs is 1. The Labute approximate surface area is 244 Å². The number of halogens is 4. The molecule has 2 atom stereocenters. The van der Waals surface area contributed by atoms with E-state index in [1.807, 2.05) is 16.7 Å². The first-order chi connectivity index (χ1) is 19.9. The number of nitrogens with zero attached hydrogens (tertiary/aromatic N) is 5. The number of methoxy groups -OCH3 is 2. The average molecular weight is 610 g/mol. The zero-order chi connectivity index (χ0) is 30.8. The van der Waals surface area contributed by atoms with Crippen LogP contribution >= 0.6 is 11.3 Å². The molecular formula is C28H31F4N5O4S. The summed E-state index contributed by atoms with van der Waals surface area (Å²) in [5.41, 5.74) is -0.730. The maximum atomic E-state index is 15.0. The Hall–Kier alpha value is -4.07. The van der Waals surface area contributed by atoms with E-state index in [2.05, 4.69) is 16.6 Å². The molecule has 2 aromatic rings. The predicted molar refractivity (Wildman–Crippen MR) is 153 cm³/mol. The van der Waals surface area contributed by atoms with Crippen molar-refractivity contribution in [1.82, 2.24) is 9.80 Å². The number of piperazine rings is 1. The van der Waals surface area contributed by atoms with E-state index in [0.717, 1.165) is 23.5 Å². The van der Waals surface area contributed by atoms with E-state index in [1.165, 1.54) is 30.6 Å². The van der Waals surface area contributed by atoms with E-state index >= 15 is 0 Å². The lowest BCUT2D eigenvalue weighted by molar-refractivity contribution is -0.138. The zero-order valence-electron chi connectivity index (χ0n) is 23.5. The largest absolute Gasteiger partial charge is 0.495 e. The minimum atomic E-state index is -4.68. The molecule has 0 amide bonds. The number of ether oxygens (including phenoxy) is 2.